The van der Waals surface area contributed by atoms with E-state index in [-0.39, 0.29) is 0 Å². The molecular formula is C6H9BN-. The molecule has 1 aromatic rings. The van der Waals surface area contributed by atoms with Crippen molar-refractivity contribution in [3.05, 3.63) is 24.3 Å². The second-order valence-corrected chi connectivity index (χ2v) is 1.85. The fraction of sp³-hybridized carbons (Fsp3) is 0.333. The first-order valence-corrected chi connectivity index (χ1v) is 2.97. The molecular weight excluding hydrogens is 96.9 g/mol. The number of rotatable bonds is 1. The standard InChI is InChI=1S/C6H9BN/c1-2-7-5-3-4-6-8-7/h3-6H,2H2,1H3/q-1. The third-order valence-electron chi connectivity index (χ3n) is 1.23. The van der Waals surface area contributed by atoms with Gasteiger partial charge in [-0.05, 0) is 12.7 Å². The highest BCUT2D eigenvalue weighted by Crippen LogP contribution is 1.79. The van der Waals surface area contributed by atoms with Crippen molar-refractivity contribution in [1.29, 1.82) is 0 Å². The van der Waals surface area contributed by atoms with E-state index >= 15 is 0 Å². The Morgan fingerprint density at radius 3 is 2.75 bits per heavy atom. The molecule has 0 aliphatic rings. The number of nitrogens with zero attached hydrogens (tertiary/aromatic N) is 1. The van der Waals surface area contributed by atoms with Crippen molar-refractivity contribution in [2.75, 3.05) is 0 Å². The van der Waals surface area contributed by atoms with Crippen LogP contribution in [0, 0.1) is 0 Å². The lowest BCUT2D eigenvalue weighted by atomic mass is 9.74. The Hall–Kier alpha value is -0.655. The molecule has 0 saturated heterocycles. The third-order valence-corrected chi connectivity index (χ3v) is 1.23. The predicted molar refractivity (Wildman–Crippen MR) is 35.9 cm³/mol. The maximum atomic E-state index is 4.18. The SMILES string of the molecule is CC[b-]1ccccn1. The molecule has 0 amide bonds. The summed E-state index contributed by atoms with van der Waals surface area (Å²) >= 11 is 0. The summed E-state index contributed by atoms with van der Waals surface area (Å²) in [5, 5.41) is 0. The van der Waals surface area contributed by atoms with E-state index in [0.717, 1.165) is 6.32 Å². The first-order valence-electron chi connectivity index (χ1n) is 2.97. The second-order valence-electron chi connectivity index (χ2n) is 1.85. The van der Waals surface area contributed by atoms with Crippen LogP contribution in [0.1, 0.15) is 6.92 Å². The molecule has 42 valence electrons. The summed E-state index contributed by atoms with van der Waals surface area (Å²) in [6.45, 7) is 2.58. The van der Waals surface area contributed by atoms with Crippen molar-refractivity contribution in [1.82, 2.24) is 4.89 Å². The molecule has 0 bridgehead atoms. The number of hydrogen-bond acceptors (Lipinski definition) is 1. The molecule has 1 rings (SSSR count). The smallest absolute Gasteiger partial charge is 0.0258 e. The van der Waals surface area contributed by atoms with Gasteiger partial charge >= 0.3 is 0 Å². The van der Waals surface area contributed by atoms with Gasteiger partial charge in [0.05, 0.1) is 0 Å². The van der Waals surface area contributed by atoms with E-state index in [1.165, 1.54) is 0 Å². The topological polar surface area (TPSA) is 12.9 Å². The van der Waals surface area contributed by atoms with E-state index in [4.69, 9.17) is 0 Å². The Morgan fingerprint density at radius 1 is 1.50 bits per heavy atom. The molecule has 0 atom stereocenters. The van der Waals surface area contributed by atoms with Crippen LogP contribution in [0.3, 0.4) is 0 Å². The molecule has 0 saturated carbocycles. The fourth-order valence-electron chi connectivity index (χ4n) is 0.694. The lowest BCUT2D eigenvalue weighted by Gasteiger charge is -2.01. The van der Waals surface area contributed by atoms with Gasteiger partial charge in [0.2, 0.25) is 0 Å². The molecule has 1 aromatic heterocycles. The molecule has 0 spiro atoms. The van der Waals surface area contributed by atoms with Gasteiger partial charge in [-0.2, -0.15) is 6.32 Å². The van der Waals surface area contributed by atoms with Crippen LogP contribution in [0.25, 0.3) is 0 Å². The predicted octanol–water partition coefficient (Wildman–Crippen LogP) is 1.13. The zero-order chi connectivity index (χ0) is 5.82. The van der Waals surface area contributed by atoms with Gasteiger partial charge in [-0.1, -0.05) is 13.0 Å². The molecule has 0 N–H and O–H groups in total. The minimum atomic E-state index is 0.444. The van der Waals surface area contributed by atoms with E-state index in [2.05, 4.69) is 17.8 Å². The Labute approximate surface area is 49.8 Å². The average molecular weight is 106 g/mol. The van der Waals surface area contributed by atoms with Crippen LogP contribution >= 0.6 is 0 Å². The summed E-state index contributed by atoms with van der Waals surface area (Å²) in [5.74, 6) is 2.11. The van der Waals surface area contributed by atoms with Crippen molar-refractivity contribution in [3.8, 4) is 0 Å². The van der Waals surface area contributed by atoms with Crippen LogP contribution in [-0.2, 0) is 6.32 Å². The second kappa shape index (κ2) is 2.60. The molecule has 0 radical (unpaired) electrons. The van der Waals surface area contributed by atoms with Gasteiger partial charge in [0.15, 0.2) is 0 Å². The van der Waals surface area contributed by atoms with Crippen LogP contribution in [0.2, 0.25) is 0 Å². The zero-order valence-electron chi connectivity index (χ0n) is 5.04. The quantitative estimate of drug-likeness (QED) is 0.522. The Bertz CT molecular complexity index is 150. The summed E-state index contributed by atoms with van der Waals surface area (Å²) in [7, 11) is 0. The van der Waals surface area contributed by atoms with E-state index < -0.39 is 0 Å². The molecule has 0 fully saturated rings. The Kier molecular flexibility index (Phi) is 1.78. The van der Waals surface area contributed by atoms with Gasteiger partial charge in [0, 0.05) is 0 Å². The van der Waals surface area contributed by atoms with Gasteiger partial charge < -0.3 is 4.89 Å². The normalized spacial score (nSPS) is 9.12. The third kappa shape index (κ3) is 1.16. The van der Waals surface area contributed by atoms with Crippen molar-refractivity contribution in [2.45, 2.75) is 13.2 Å². The number of hydrogen-bond donors (Lipinski definition) is 0. The first-order chi connectivity index (χ1) is 3.93. The maximum absolute atomic E-state index is 4.18. The highest BCUT2D eigenvalue weighted by molar-refractivity contribution is 6.43. The van der Waals surface area contributed by atoms with Crippen LogP contribution in [-0.4, -0.2) is 11.4 Å². The summed E-state index contributed by atoms with van der Waals surface area (Å²) in [6, 6.07) is 3.99. The van der Waals surface area contributed by atoms with Gasteiger partial charge in [-0.25, -0.2) is 5.96 Å². The summed E-state index contributed by atoms with van der Waals surface area (Å²) < 4.78 is 0. The first kappa shape index (κ1) is 5.48. The fourth-order valence-corrected chi connectivity index (χ4v) is 0.694. The maximum Gasteiger partial charge on any atom is -0.0258 e. The van der Waals surface area contributed by atoms with Crippen molar-refractivity contribution in [3.63, 3.8) is 0 Å². The molecule has 1 nitrogen and oxygen atoms in total. The van der Waals surface area contributed by atoms with E-state index in [9.17, 15) is 0 Å². The summed E-state index contributed by atoms with van der Waals surface area (Å²) in [6.07, 6.45) is 2.97. The van der Waals surface area contributed by atoms with Gasteiger partial charge in [-0.3, -0.25) is 0 Å². The van der Waals surface area contributed by atoms with Gasteiger partial charge in [-0.15, -0.1) is 6.07 Å². The summed E-state index contributed by atoms with van der Waals surface area (Å²) in [4.78, 5) is 4.18. The van der Waals surface area contributed by atoms with E-state index in [1.807, 2.05) is 18.3 Å². The molecule has 0 aliphatic heterocycles. The monoisotopic (exact) mass is 106 g/mol. The van der Waals surface area contributed by atoms with Crippen LogP contribution in [0.5, 0.6) is 0 Å². The molecule has 2 heteroatoms. The van der Waals surface area contributed by atoms with E-state index in [1.54, 1.807) is 0 Å². The van der Waals surface area contributed by atoms with Crippen LogP contribution in [0.4, 0.5) is 0 Å². The Balaban J connectivity index is 2.83. The molecule has 8 heavy (non-hydrogen) atoms. The van der Waals surface area contributed by atoms with Crippen LogP contribution in [0.15, 0.2) is 24.3 Å². The van der Waals surface area contributed by atoms with Crippen LogP contribution < -0.4 is 0 Å². The molecule has 1 heterocycles. The average Bonchev–Trinajstić information content (AvgIpc) is 1.90. The molecule has 0 unspecified atom stereocenters. The minimum Gasteiger partial charge on any atom is -0.525 e. The van der Waals surface area contributed by atoms with Crippen molar-refractivity contribution >= 4 is 6.49 Å². The zero-order valence-corrected chi connectivity index (χ0v) is 5.04. The molecule has 0 aliphatic carbocycles. The minimum absolute atomic E-state index is 0.444. The van der Waals surface area contributed by atoms with Crippen molar-refractivity contribution < 1.29 is 0 Å². The highest BCUT2D eigenvalue weighted by Gasteiger charge is 1.70. The lowest BCUT2D eigenvalue weighted by Crippen LogP contribution is -1.99. The molecule has 0 aromatic carbocycles. The van der Waals surface area contributed by atoms with Gasteiger partial charge in [0.1, 0.15) is 0 Å². The van der Waals surface area contributed by atoms with Gasteiger partial charge in [0.25, 0.3) is 0 Å². The Morgan fingerprint density at radius 2 is 2.38 bits per heavy atom. The summed E-state index contributed by atoms with van der Waals surface area (Å²) in [5.41, 5.74) is 0. The number of aromatic nitrogens is 1. The van der Waals surface area contributed by atoms with Crippen molar-refractivity contribution in [2.24, 2.45) is 0 Å². The number of aryl methyl sites for hydroxylation is 1. The van der Waals surface area contributed by atoms with E-state index in [0.29, 0.717) is 6.49 Å². The lowest BCUT2D eigenvalue weighted by molar-refractivity contribution is 1.29. The largest absolute Gasteiger partial charge is 0.525 e. The highest BCUT2D eigenvalue weighted by atomic mass is 14.5.